The number of primary amides is 1. The zero-order valence-corrected chi connectivity index (χ0v) is 10.5. The first-order valence-electron chi connectivity index (χ1n) is 5.71. The van der Waals surface area contributed by atoms with Gasteiger partial charge in [0.15, 0.2) is 0 Å². The summed E-state index contributed by atoms with van der Waals surface area (Å²) in [6, 6.07) is 3.32. The molecule has 0 aliphatic carbocycles. The molecule has 20 heavy (non-hydrogen) atoms. The molecular weight excluding hydrogens is 280 g/mol. The monoisotopic (exact) mass is 294 g/mol. The van der Waals surface area contributed by atoms with Crippen LogP contribution in [0.3, 0.4) is 0 Å². The maximum absolute atomic E-state index is 13.7. The van der Waals surface area contributed by atoms with Crippen LogP contribution in [-0.4, -0.2) is 41.8 Å². The summed E-state index contributed by atoms with van der Waals surface area (Å²) >= 11 is 0. The minimum Gasteiger partial charge on any atom is -0.395 e. The topological polar surface area (TPSA) is 66.6 Å². The SMILES string of the molecule is NC(=O)c1ccc(CN(CCO)CC(F)(F)F)c(F)c1. The molecule has 8 heteroatoms. The molecule has 0 aliphatic rings. The molecule has 0 unspecified atom stereocenters. The lowest BCUT2D eigenvalue weighted by Crippen LogP contribution is -2.36. The summed E-state index contributed by atoms with van der Waals surface area (Å²) in [4.78, 5) is 11.7. The Morgan fingerprint density at radius 2 is 2.00 bits per heavy atom. The first-order chi connectivity index (χ1) is 9.23. The van der Waals surface area contributed by atoms with Gasteiger partial charge in [-0.2, -0.15) is 13.2 Å². The van der Waals surface area contributed by atoms with Crippen LogP contribution in [0.15, 0.2) is 18.2 Å². The van der Waals surface area contributed by atoms with Crippen molar-refractivity contribution >= 4 is 5.91 Å². The third-order valence-corrected chi connectivity index (χ3v) is 2.55. The number of benzene rings is 1. The van der Waals surface area contributed by atoms with Crippen molar-refractivity contribution < 1.29 is 27.5 Å². The van der Waals surface area contributed by atoms with E-state index in [-0.39, 0.29) is 24.2 Å². The van der Waals surface area contributed by atoms with Gasteiger partial charge in [-0.1, -0.05) is 6.07 Å². The van der Waals surface area contributed by atoms with Crippen molar-refractivity contribution in [1.82, 2.24) is 4.90 Å². The summed E-state index contributed by atoms with van der Waals surface area (Å²) in [5.41, 5.74) is 4.90. The molecule has 1 amide bonds. The lowest BCUT2D eigenvalue weighted by molar-refractivity contribution is -0.148. The van der Waals surface area contributed by atoms with Crippen LogP contribution in [0.25, 0.3) is 0 Å². The predicted octanol–water partition coefficient (Wildman–Crippen LogP) is 1.28. The second-order valence-electron chi connectivity index (χ2n) is 4.22. The van der Waals surface area contributed by atoms with Gasteiger partial charge < -0.3 is 10.8 Å². The van der Waals surface area contributed by atoms with E-state index in [0.717, 1.165) is 11.0 Å². The van der Waals surface area contributed by atoms with Crippen molar-refractivity contribution in [2.45, 2.75) is 12.7 Å². The van der Waals surface area contributed by atoms with Gasteiger partial charge in [-0.25, -0.2) is 4.39 Å². The van der Waals surface area contributed by atoms with Crippen LogP contribution in [0.2, 0.25) is 0 Å². The smallest absolute Gasteiger partial charge is 0.395 e. The molecule has 0 aromatic heterocycles. The van der Waals surface area contributed by atoms with Gasteiger partial charge in [-0.15, -0.1) is 0 Å². The fourth-order valence-electron chi connectivity index (χ4n) is 1.68. The van der Waals surface area contributed by atoms with Gasteiger partial charge in [-0.05, 0) is 12.1 Å². The summed E-state index contributed by atoms with van der Waals surface area (Å²) < 4.78 is 50.6. The quantitative estimate of drug-likeness (QED) is 0.777. The van der Waals surface area contributed by atoms with E-state index in [1.165, 1.54) is 12.1 Å². The standard InChI is InChI=1S/C12H14F4N2O2/c13-10-5-8(11(17)20)1-2-9(10)6-18(3-4-19)7-12(14,15)16/h1-2,5,19H,3-4,6-7H2,(H2,17,20). The Balaban J connectivity index is 2.85. The van der Waals surface area contributed by atoms with Crippen molar-refractivity contribution in [3.05, 3.63) is 35.1 Å². The maximum atomic E-state index is 13.7. The second kappa shape index (κ2) is 6.67. The van der Waals surface area contributed by atoms with Gasteiger partial charge >= 0.3 is 6.18 Å². The summed E-state index contributed by atoms with van der Waals surface area (Å²) in [7, 11) is 0. The van der Waals surface area contributed by atoms with Crippen LogP contribution in [0.5, 0.6) is 0 Å². The molecule has 0 bridgehead atoms. The third-order valence-electron chi connectivity index (χ3n) is 2.55. The molecular formula is C12H14F4N2O2. The maximum Gasteiger partial charge on any atom is 0.401 e. The number of hydrogen-bond acceptors (Lipinski definition) is 3. The Hall–Kier alpha value is -1.67. The molecule has 0 aliphatic heterocycles. The first kappa shape index (κ1) is 16.4. The van der Waals surface area contributed by atoms with Gasteiger partial charge in [-0.3, -0.25) is 9.69 Å². The predicted molar refractivity (Wildman–Crippen MR) is 63.3 cm³/mol. The zero-order chi connectivity index (χ0) is 15.3. The van der Waals surface area contributed by atoms with Crippen molar-refractivity contribution in [3.8, 4) is 0 Å². The average Bonchev–Trinajstić information content (AvgIpc) is 2.29. The van der Waals surface area contributed by atoms with Crippen molar-refractivity contribution in [2.24, 2.45) is 5.73 Å². The summed E-state index contributed by atoms with van der Waals surface area (Å²) in [5.74, 6) is -1.63. The van der Waals surface area contributed by atoms with Crippen molar-refractivity contribution in [2.75, 3.05) is 19.7 Å². The Morgan fingerprint density at radius 3 is 2.45 bits per heavy atom. The lowest BCUT2D eigenvalue weighted by atomic mass is 10.1. The molecule has 4 nitrogen and oxygen atoms in total. The Labute approximate surface area is 112 Å². The Bertz CT molecular complexity index is 477. The fourth-order valence-corrected chi connectivity index (χ4v) is 1.68. The highest BCUT2D eigenvalue weighted by Gasteiger charge is 2.30. The summed E-state index contributed by atoms with van der Waals surface area (Å²) in [5, 5.41) is 8.73. The molecule has 112 valence electrons. The van der Waals surface area contributed by atoms with Gasteiger partial charge in [0.2, 0.25) is 5.91 Å². The molecule has 3 N–H and O–H groups in total. The van der Waals surface area contributed by atoms with E-state index >= 15 is 0 Å². The van der Waals surface area contributed by atoms with Crippen LogP contribution in [-0.2, 0) is 6.54 Å². The molecule has 1 aromatic carbocycles. The largest absolute Gasteiger partial charge is 0.401 e. The minimum atomic E-state index is -4.45. The summed E-state index contributed by atoms with van der Waals surface area (Å²) in [6.07, 6.45) is -4.45. The van der Waals surface area contributed by atoms with E-state index in [2.05, 4.69) is 0 Å². The van der Waals surface area contributed by atoms with Gasteiger partial charge in [0.05, 0.1) is 13.2 Å². The van der Waals surface area contributed by atoms with Crippen molar-refractivity contribution in [3.63, 3.8) is 0 Å². The van der Waals surface area contributed by atoms with Crippen LogP contribution >= 0.6 is 0 Å². The molecule has 1 aromatic rings. The van der Waals surface area contributed by atoms with E-state index in [4.69, 9.17) is 10.8 Å². The number of carbonyl (C=O) groups is 1. The molecule has 0 spiro atoms. The van der Waals surface area contributed by atoms with Gasteiger partial charge in [0.25, 0.3) is 0 Å². The van der Waals surface area contributed by atoms with Crippen LogP contribution in [0.1, 0.15) is 15.9 Å². The van der Waals surface area contributed by atoms with Gasteiger partial charge in [0.1, 0.15) is 5.82 Å². The lowest BCUT2D eigenvalue weighted by Gasteiger charge is -2.23. The number of rotatable bonds is 6. The number of nitrogens with zero attached hydrogens (tertiary/aromatic N) is 1. The van der Waals surface area contributed by atoms with Crippen LogP contribution in [0, 0.1) is 5.82 Å². The first-order valence-corrected chi connectivity index (χ1v) is 5.71. The van der Waals surface area contributed by atoms with Crippen LogP contribution < -0.4 is 5.73 Å². The fraction of sp³-hybridized carbons (Fsp3) is 0.417. The number of halogens is 4. The van der Waals surface area contributed by atoms with E-state index in [9.17, 15) is 22.4 Å². The zero-order valence-electron chi connectivity index (χ0n) is 10.5. The van der Waals surface area contributed by atoms with E-state index < -0.39 is 31.1 Å². The number of aliphatic hydroxyl groups is 1. The number of nitrogens with two attached hydrogens (primary N) is 1. The average molecular weight is 294 g/mol. The second-order valence-corrected chi connectivity index (χ2v) is 4.22. The molecule has 0 fully saturated rings. The number of carbonyl (C=O) groups excluding carboxylic acids is 1. The van der Waals surface area contributed by atoms with E-state index in [1.54, 1.807) is 0 Å². The number of alkyl halides is 3. The molecule has 0 saturated carbocycles. The van der Waals surface area contributed by atoms with Gasteiger partial charge in [0, 0.05) is 24.2 Å². The van der Waals surface area contributed by atoms with E-state index in [0.29, 0.717) is 0 Å². The highest BCUT2D eigenvalue weighted by molar-refractivity contribution is 5.92. The third kappa shape index (κ3) is 5.14. The van der Waals surface area contributed by atoms with Crippen molar-refractivity contribution in [1.29, 1.82) is 0 Å². The molecule has 0 radical (unpaired) electrons. The highest BCUT2D eigenvalue weighted by atomic mass is 19.4. The highest BCUT2D eigenvalue weighted by Crippen LogP contribution is 2.19. The van der Waals surface area contributed by atoms with E-state index in [1.807, 2.05) is 0 Å². The number of amides is 1. The molecule has 0 saturated heterocycles. The molecule has 0 atom stereocenters. The molecule has 0 heterocycles. The molecule has 1 rings (SSSR count). The Kier molecular flexibility index (Phi) is 5.46. The van der Waals surface area contributed by atoms with Crippen LogP contribution in [0.4, 0.5) is 17.6 Å². The number of hydrogen-bond donors (Lipinski definition) is 2. The Morgan fingerprint density at radius 1 is 1.35 bits per heavy atom. The minimum absolute atomic E-state index is 0.00676. The summed E-state index contributed by atoms with van der Waals surface area (Å²) in [6.45, 7) is -2.30. The number of aliphatic hydroxyl groups excluding tert-OH is 1. The normalized spacial score (nSPS) is 11.9.